The third-order valence-electron chi connectivity index (χ3n) is 4.58. The van der Waals surface area contributed by atoms with Crippen LogP contribution in [0.5, 0.6) is 5.75 Å². The van der Waals surface area contributed by atoms with Gasteiger partial charge < -0.3 is 10.1 Å². The Balaban J connectivity index is 1.98. The normalized spacial score (nSPS) is 22.5. The Morgan fingerprint density at radius 1 is 1.19 bits per heavy atom. The zero-order valence-corrected chi connectivity index (χ0v) is 14.1. The fraction of sp³-hybridized carbons (Fsp3) is 0.684. The lowest BCUT2D eigenvalue weighted by Crippen LogP contribution is -2.26. The van der Waals surface area contributed by atoms with E-state index in [1.165, 1.54) is 43.2 Å². The lowest BCUT2D eigenvalue weighted by Gasteiger charge is -2.29. The van der Waals surface area contributed by atoms with Crippen LogP contribution in [-0.2, 0) is 6.54 Å². The van der Waals surface area contributed by atoms with Gasteiger partial charge in [-0.2, -0.15) is 0 Å². The van der Waals surface area contributed by atoms with E-state index in [4.69, 9.17) is 4.74 Å². The van der Waals surface area contributed by atoms with Gasteiger partial charge in [0.1, 0.15) is 5.75 Å². The molecule has 21 heavy (non-hydrogen) atoms. The SMILES string of the molecule is CCC1CCC(Oc2ccc(C)cc2CNC(C)C)CC1. The number of hydrogen-bond donors (Lipinski definition) is 1. The summed E-state index contributed by atoms with van der Waals surface area (Å²) in [6.07, 6.45) is 6.81. The number of benzene rings is 1. The molecule has 1 fully saturated rings. The van der Waals surface area contributed by atoms with Crippen LogP contribution < -0.4 is 10.1 Å². The summed E-state index contributed by atoms with van der Waals surface area (Å²) >= 11 is 0. The highest BCUT2D eigenvalue weighted by Crippen LogP contribution is 2.30. The largest absolute Gasteiger partial charge is 0.490 e. The summed E-state index contributed by atoms with van der Waals surface area (Å²) in [5.41, 5.74) is 2.60. The lowest BCUT2D eigenvalue weighted by molar-refractivity contribution is 0.128. The Labute approximate surface area is 130 Å². The molecule has 1 aromatic carbocycles. The molecule has 0 unspecified atom stereocenters. The van der Waals surface area contributed by atoms with Gasteiger partial charge in [-0.3, -0.25) is 0 Å². The molecule has 0 radical (unpaired) electrons. The van der Waals surface area contributed by atoms with Crippen LogP contribution >= 0.6 is 0 Å². The van der Waals surface area contributed by atoms with Gasteiger partial charge in [0, 0.05) is 18.2 Å². The van der Waals surface area contributed by atoms with Crippen molar-refractivity contribution < 1.29 is 4.74 Å². The van der Waals surface area contributed by atoms with E-state index in [0.717, 1.165) is 18.2 Å². The van der Waals surface area contributed by atoms with E-state index in [2.05, 4.69) is 51.2 Å². The Morgan fingerprint density at radius 2 is 1.90 bits per heavy atom. The van der Waals surface area contributed by atoms with E-state index in [1.807, 2.05) is 0 Å². The van der Waals surface area contributed by atoms with Gasteiger partial charge in [0.05, 0.1) is 6.10 Å². The fourth-order valence-corrected chi connectivity index (χ4v) is 3.11. The Hall–Kier alpha value is -1.02. The van der Waals surface area contributed by atoms with Crippen LogP contribution in [0.25, 0.3) is 0 Å². The highest BCUT2D eigenvalue weighted by molar-refractivity contribution is 5.37. The molecule has 0 bridgehead atoms. The van der Waals surface area contributed by atoms with Gasteiger partial charge in [-0.15, -0.1) is 0 Å². The molecule has 0 heterocycles. The Morgan fingerprint density at radius 3 is 2.52 bits per heavy atom. The van der Waals surface area contributed by atoms with E-state index >= 15 is 0 Å². The number of hydrogen-bond acceptors (Lipinski definition) is 2. The molecule has 1 aliphatic rings. The zero-order chi connectivity index (χ0) is 15.2. The predicted octanol–water partition coefficient (Wildman–Crippen LogP) is 4.84. The summed E-state index contributed by atoms with van der Waals surface area (Å²) in [6, 6.07) is 7.06. The van der Waals surface area contributed by atoms with E-state index in [1.54, 1.807) is 0 Å². The summed E-state index contributed by atoms with van der Waals surface area (Å²) in [5, 5.41) is 3.50. The zero-order valence-electron chi connectivity index (χ0n) is 14.1. The topological polar surface area (TPSA) is 21.3 Å². The van der Waals surface area contributed by atoms with E-state index < -0.39 is 0 Å². The summed E-state index contributed by atoms with van der Waals surface area (Å²) in [6.45, 7) is 9.71. The maximum Gasteiger partial charge on any atom is 0.124 e. The van der Waals surface area contributed by atoms with E-state index in [9.17, 15) is 0 Å². The summed E-state index contributed by atoms with van der Waals surface area (Å²) < 4.78 is 6.33. The molecule has 1 aliphatic carbocycles. The van der Waals surface area contributed by atoms with Gasteiger partial charge in [0.2, 0.25) is 0 Å². The van der Waals surface area contributed by atoms with Gasteiger partial charge in [-0.25, -0.2) is 0 Å². The van der Waals surface area contributed by atoms with Gasteiger partial charge >= 0.3 is 0 Å². The standard InChI is InChI=1S/C19H31NO/c1-5-16-7-9-18(10-8-16)21-19-11-6-15(4)12-17(19)13-20-14(2)3/h6,11-12,14,16,18,20H,5,7-10,13H2,1-4H3. The maximum absolute atomic E-state index is 6.33. The average Bonchev–Trinajstić information content (AvgIpc) is 2.48. The fourth-order valence-electron chi connectivity index (χ4n) is 3.11. The van der Waals surface area contributed by atoms with E-state index in [0.29, 0.717) is 12.1 Å². The van der Waals surface area contributed by atoms with Crippen molar-refractivity contribution in [2.75, 3.05) is 0 Å². The first kappa shape index (κ1) is 16.4. The quantitative estimate of drug-likeness (QED) is 0.809. The van der Waals surface area contributed by atoms with Crippen molar-refractivity contribution in [3.63, 3.8) is 0 Å². The molecule has 0 aliphatic heterocycles. The first-order chi connectivity index (χ1) is 10.1. The monoisotopic (exact) mass is 289 g/mol. The summed E-state index contributed by atoms with van der Waals surface area (Å²) in [4.78, 5) is 0. The van der Waals surface area contributed by atoms with Gasteiger partial charge in [0.15, 0.2) is 0 Å². The number of nitrogens with one attached hydrogen (secondary N) is 1. The van der Waals surface area contributed by atoms with Crippen LogP contribution in [0.4, 0.5) is 0 Å². The number of ether oxygens (including phenoxy) is 1. The number of aryl methyl sites for hydroxylation is 1. The van der Waals surface area contributed by atoms with Crippen LogP contribution in [0.15, 0.2) is 18.2 Å². The second kappa shape index (κ2) is 7.84. The molecule has 0 aromatic heterocycles. The molecule has 0 saturated heterocycles. The smallest absolute Gasteiger partial charge is 0.124 e. The Bertz CT molecular complexity index is 433. The third kappa shape index (κ3) is 5.03. The van der Waals surface area contributed by atoms with Crippen LogP contribution in [0, 0.1) is 12.8 Å². The second-order valence-corrected chi connectivity index (χ2v) is 6.82. The predicted molar refractivity (Wildman–Crippen MR) is 89.8 cm³/mol. The molecular weight excluding hydrogens is 258 g/mol. The van der Waals surface area contributed by atoms with Crippen molar-refractivity contribution >= 4 is 0 Å². The molecule has 118 valence electrons. The van der Waals surface area contributed by atoms with Gasteiger partial charge in [-0.05, 0) is 44.6 Å². The van der Waals surface area contributed by atoms with Gasteiger partial charge in [-0.1, -0.05) is 44.9 Å². The lowest BCUT2D eigenvalue weighted by atomic mass is 9.86. The molecule has 2 rings (SSSR count). The van der Waals surface area contributed by atoms with Crippen molar-refractivity contribution in [1.29, 1.82) is 0 Å². The number of rotatable bonds is 6. The minimum atomic E-state index is 0.410. The van der Waals surface area contributed by atoms with Crippen LogP contribution in [0.2, 0.25) is 0 Å². The van der Waals surface area contributed by atoms with Crippen molar-refractivity contribution in [2.45, 2.75) is 78.5 Å². The van der Waals surface area contributed by atoms with Gasteiger partial charge in [0.25, 0.3) is 0 Å². The molecule has 2 nitrogen and oxygen atoms in total. The third-order valence-corrected chi connectivity index (χ3v) is 4.58. The summed E-state index contributed by atoms with van der Waals surface area (Å²) in [7, 11) is 0. The van der Waals surface area contributed by atoms with Crippen LogP contribution in [-0.4, -0.2) is 12.1 Å². The van der Waals surface area contributed by atoms with Crippen LogP contribution in [0.3, 0.4) is 0 Å². The first-order valence-electron chi connectivity index (χ1n) is 8.58. The van der Waals surface area contributed by atoms with Crippen molar-refractivity contribution in [1.82, 2.24) is 5.32 Å². The van der Waals surface area contributed by atoms with Crippen molar-refractivity contribution in [3.8, 4) is 5.75 Å². The van der Waals surface area contributed by atoms with Crippen molar-refractivity contribution in [3.05, 3.63) is 29.3 Å². The highest BCUT2D eigenvalue weighted by atomic mass is 16.5. The van der Waals surface area contributed by atoms with E-state index in [-0.39, 0.29) is 0 Å². The minimum absolute atomic E-state index is 0.410. The molecule has 0 amide bonds. The minimum Gasteiger partial charge on any atom is -0.490 e. The summed E-state index contributed by atoms with van der Waals surface area (Å²) in [5.74, 6) is 2.00. The molecule has 1 saturated carbocycles. The molecule has 1 N–H and O–H groups in total. The Kier molecular flexibility index (Phi) is 6.10. The highest BCUT2D eigenvalue weighted by Gasteiger charge is 2.21. The second-order valence-electron chi connectivity index (χ2n) is 6.82. The molecule has 1 aromatic rings. The van der Waals surface area contributed by atoms with Crippen molar-refractivity contribution in [2.24, 2.45) is 5.92 Å². The average molecular weight is 289 g/mol. The molecule has 0 spiro atoms. The molecule has 2 heteroatoms. The molecule has 0 atom stereocenters. The first-order valence-corrected chi connectivity index (χ1v) is 8.58. The molecular formula is C19H31NO. The van der Waals surface area contributed by atoms with Crippen LogP contribution in [0.1, 0.15) is 64.0 Å². The maximum atomic E-state index is 6.33.